The van der Waals surface area contributed by atoms with Gasteiger partial charge in [-0.2, -0.15) is 0 Å². The van der Waals surface area contributed by atoms with Crippen LogP contribution in [-0.4, -0.2) is 17.3 Å². The Morgan fingerprint density at radius 3 is 1.95 bits per heavy atom. The smallest absolute Gasteiger partial charge is 0.196 e. The quantitative estimate of drug-likeness (QED) is 0.530. The van der Waals surface area contributed by atoms with Crippen LogP contribution in [0, 0.1) is 0 Å². The molecule has 6 heteroatoms. The first-order chi connectivity index (χ1) is 10.4. The second-order valence-electron chi connectivity index (χ2n) is 5.03. The molecule has 5 nitrogen and oxygen atoms in total. The predicted octanol–water partition coefficient (Wildman–Crippen LogP) is 2.48. The van der Waals surface area contributed by atoms with Crippen LogP contribution in [0.15, 0.2) is 24.3 Å². The molecule has 0 unspecified atom stereocenters. The third-order valence-electron chi connectivity index (χ3n) is 3.74. The molecule has 0 amide bonds. The van der Waals surface area contributed by atoms with Gasteiger partial charge in [-0.05, 0) is 6.92 Å². The zero-order valence-corrected chi connectivity index (χ0v) is 12.3. The summed E-state index contributed by atoms with van der Waals surface area (Å²) >= 11 is 6.15. The Balaban J connectivity index is 2.46. The van der Waals surface area contributed by atoms with Crippen molar-refractivity contribution in [2.45, 2.75) is 6.92 Å². The summed E-state index contributed by atoms with van der Waals surface area (Å²) in [5.41, 5.74) is 12.0. The normalized spacial score (nSPS) is 12.8. The van der Waals surface area contributed by atoms with Crippen molar-refractivity contribution < 1.29 is 14.4 Å². The van der Waals surface area contributed by atoms with E-state index in [9.17, 15) is 14.4 Å². The number of nitrogen functional groups attached to an aromatic ring is 2. The van der Waals surface area contributed by atoms with Crippen LogP contribution in [0.3, 0.4) is 0 Å². The number of fused-ring (bicyclic) bond motifs is 2. The molecule has 0 heterocycles. The van der Waals surface area contributed by atoms with Gasteiger partial charge < -0.3 is 11.5 Å². The number of Topliss-reactive ketones (excluding diaryl/α,β-unsaturated/α-hetero) is 1. The average molecular weight is 315 g/mol. The zero-order chi connectivity index (χ0) is 16.2. The fraction of sp³-hybridized carbons (Fsp3) is 0.0625. The number of carbonyl (C=O) groups excluding carboxylic acids is 3. The molecule has 0 radical (unpaired) electrons. The van der Waals surface area contributed by atoms with Crippen molar-refractivity contribution in [3.8, 4) is 0 Å². The lowest BCUT2D eigenvalue weighted by Gasteiger charge is -2.22. The van der Waals surface area contributed by atoms with Gasteiger partial charge in [0.15, 0.2) is 17.3 Å². The van der Waals surface area contributed by atoms with E-state index in [1.165, 1.54) is 13.0 Å². The molecule has 0 atom stereocenters. The third kappa shape index (κ3) is 1.69. The highest BCUT2D eigenvalue weighted by Gasteiger charge is 2.36. The number of hydrogen-bond donors (Lipinski definition) is 2. The summed E-state index contributed by atoms with van der Waals surface area (Å²) in [7, 11) is 0. The first-order valence-corrected chi connectivity index (χ1v) is 6.83. The van der Waals surface area contributed by atoms with Crippen LogP contribution >= 0.6 is 11.6 Å². The molecule has 110 valence electrons. The number of carbonyl (C=O) groups is 3. The van der Waals surface area contributed by atoms with Gasteiger partial charge in [-0.1, -0.05) is 35.9 Å². The van der Waals surface area contributed by atoms with Crippen molar-refractivity contribution in [2.24, 2.45) is 0 Å². The van der Waals surface area contributed by atoms with E-state index < -0.39 is 17.3 Å². The number of benzene rings is 2. The largest absolute Gasteiger partial charge is 0.397 e. The monoisotopic (exact) mass is 314 g/mol. The van der Waals surface area contributed by atoms with E-state index in [-0.39, 0.29) is 44.2 Å². The molecule has 0 saturated carbocycles. The molecular formula is C16H11ClN2O3. The van der Waals surface area contributed by atoms with E-state index in [1.54, 1.807) is 18.2 Å². The fourth-order valence-electron chi connectivity index (χ4n) is 2.74. The van der Waals surface area contributed by atoms with Gasteiger partial charge in [0.1, 0.15) is 0 Å². The van der Waals surface area contributed by atoms with Crippen LogP contribution < -0.4 is 11.5 Å². The molecule has 0 spiro atoms. The van der Waals surface area contributed by atoms with Gasteiger partial charge in [0.25, 0.3) is 0 Å². The predicted molar refractivity (Wildman–Crippen MR) is 83.6 cm³/mol. The second-order valence-corrected chi connectivity index (χ2v) is 5.40. The molecule has 2 aromatic rings. The molecule has 3 rings (SSSR count). The Hall–Kier alpha value is -2.66. The van der Waals surface area contributed by atoms with Crippen LogP contribution in [0.1, 0.15) is 49.1 Å². The highest BCUT2D eigenvalue weighted by molar-refractivity contribution is 6.43. The van der Waals surface area contributed by atoms with E-state index in [0.29, 0.717) is 0 Å². The lowest BCUT2D eigenvalue weighted by Crippen LogP contribution is -2.25. The molecule has 0 saturated heterocycles. The molecule has 0 aromatic heterocycles. The van der Waals surface area contributed by atoms with Gasteiger partial charge in [0, 0.05) is 11.1 Å². The van der Waals surface area contributed by atoms with Crippen LogP contribution in [0.25, 0.3) is 0 Å². The fourth-order valence-corrected chi connectivity index (χ4v) is 3.01. The lowest BCUT2D eigenvalue weighted by atomic mass is 9.81. The standard InChI is InChI=1S/C16H11ClN2O3/c1-6(20)9-13(18)11-10(12(17)14(9)19)15(21)7-4-2-3-5-8(7)16(11)22/h2-5H,18-19H2,1H3. The van der Waals surface area contributed by atoms with Crippen LogP contribution in [0.4, 0.5) is 11.4 Å². The Morgan fingerprint density at radius 1 is 0.955 bits per heavy atom. The SMILES string of the molecule is CC(=O)c1c(N)c(Cl)c2c(c1N)C(=O)c1ccccc1C2=O. The second kappa shape index (κ2) is 4.68. The van der Waals surface area contributed by atoms with E-state index in [0.717, 1.165) is 0 Å². The van der Waals surface area contributed by atoms with Gasteiger partial charge in [-0.25, -0.2) is 0 Å². The maximum absolute atomic E-state index is 12.7. The summed E-state index contributed by atoms with van der Waals surface area (Å²) in [5.74, 6) is -1.28. The Kier molecular flexibility index (Phi) is 3.04. The summed E-state index contributed by atoms with van der Waals surface area (Å²) in [5, 5.41) is -0.109. The molecule has 1 aliphatic rings. The van der Waals surface area contributed by atoms with E-state index in [2.05, 4.69) is 0 Å². The minimum atomic E-state index is -0.438. The van der Waals surface area contributed by atoms with E-state index in [1.807, 2.05) is 0 Å². The number of ketones is 3. The number of nitrogens with two attached hydrogens (primary N) is 2. The highest BCUT2D eigenvalue weighted by Crippen LogP contribution is 2.41. The van der Waals surface area contributed by atoms with Crippen molar-refractivity contribution in [3.63, 3.8) is 0 Å². The van der Waals surface area contributed by atoms with Gasteiger partial charge in [0.05, 0.1) is 33.1 Å². The molecule has 1 aliphatic carbocycles. The molecule has 0 aliphatic heterocycles. The van der Waals surface area contributed by atoms with Gasteiger partial charge >= 0.3 is 0 Å². The lowest BCUT2D eigenvalue weighted by molar-refractivity contribution is 0.0978. The van der Waals surface area contributed by atoms with Crippen molar-refractivity contribution in [1.82, 2.24) is 0 Å². The first kappa shape index (κ1) is 14.3. The first-order valence-electron chi connectivity index (χ1n) is 6.46. The Morgan fingerprint density at radius 2 is 1.45 bits per heavy atom. The average Bonchev–Trinajstić information content (AvgIpc) is 2.48. The summed E-state index contributed by atoms with van der Waals surface area (Å²) in [6.45, 7) is 1.27. The maximum atomic E-state index is 12.7. The van der Waals surface area contributed by atoms with Crippen LogP contribution in [0.5, 0.6) is 0 Å². The Labute approximate surface area is 130 Å². The zero-order valence-electron chi connectivity index (χ0n) is 11.6. The Bertz CT molecular complexity index is 887. The van der Waals surface area contributed by atoms with Gasteiger partial charge in [0.2, 0.25) is 0 Å². The number of rotatable bonds is 1. The topological polar surface area (TPSA) is 103 Å². The molecule has 0 fully saturated rings. The maximum Gasteiger partial charge on any atom is 0.196 e. The van der Waals surface area contributed by atoms with Crippen molar-refractivity contribution in [1.29, 1.82) is 0 Å². The highest BCUT2D eigenvalue weighted by atomic mass is 35.5. The van der Waals surface area contributed by atoms with Crippen molar-refractivity contribution in [3.05, 3.63) is 57.1 Å². The van der Waals surface area contributed by atoms with Gasteiger partial charge in [-0.15, -0.1) is 0 Å². The minimum Gasteiger partial charge on any atom is -0.397 e. The van der Waals surface area contributed by atoms with Gasteiger partial charge in [-0.3, -0.25) is 14.4 Å². The van der Waals surface area contributed by atoms with Crippen molar-refractivity contribution >= 4 is 40.3 Å². The van der Waals surface area contributed by atoms with E-state index in [4.69, 9.17) is 23.1 Å². The number of halogens is 1. The molecule has 2 aromatic carbocycles. The molecule has 0 bridgehead atoms. The summed E-state index contributed by atoms with van der Waals surface area (Å²) in [4.78, 5) is 37.0. The summed E-state index contributed by atoms with van der Waals surface area (Å²) in [6, 6.07) is 6.38. The van der Waals surface area contributed by atoms with Crippen LogP contribution in [0.2, 0.25) is 5.02 Å². The number of hydrogen-bond acceptors (Lipinski definition) is 5. The minimum absolute atomic E-state index is 0.0238. The van der Waals surface area contributed by atoms with Crippen LogP contribution in [-0.2, 0) is 0 Å². The summed E-state index contributed by atoms with van der Waals surface area (Å²) < 4.78 is 0. The van der Waals surface area contributed by atoms with E-state index >= 15 is 0 Å². The molecule has 4 N–H and O–H groups in total. The molecular weight excluding hydrogens is 304 g/mol. The number of anilines is 2. The summed E-state index contributed by atoms with van der Waals surface area (Å²) in [6.07, 6.45) is 0. The molecule has 22 heavy (non-hydrogen) atoms. The third-order valence-corrected chi connectivity index (χ3v) is 4.13. The van der Waals surface area contributed by atoms with Crippen molar-refractivity contribution in [2.75, 3.05) is 11.5 Å².